The average Bonchev–Trinajstić information content (AvgIpc) is 2.57. The second-order valence-electron chi connectivity index (χ2n) is 7.55. The molecule has 0 aliphatic carbocycles. The summed E-state index contributed by atoms with van der Waals surface area (Å²) in [6, 6.07) is 7.61. The van der Waals surface area contributed by atoms with Crippen molar-refractivity contribution in [3.05, 3.63) is 34.9 Å². The zero-order chi connectivity index (χ0) is 20.2. The van der Waals surface area contributed by atoms with E-state index in [9.17, 15) is 4.79 Å². The van der Waals surface area contributed by atoms with E-state index < -0.39 is 12.2 Å². The standard InChI is InChI=1S/C20H28ClN3O3/c1-13(27-19(25)23-20(2,3)4)15-12-14-8-7-9-16(21)17(14)22-18(15)24(5)10-11-26-6/h7-9,12-13H,10-11H2,1-6H3,(H,23,25). The largest absolute Gasteiger partial charge is 0.442 e. The fourth-order valence-electron chi connectivity index (χ4n) is 2.67. The summed E-state index contributed by atoms with van der Waals surface area (Å²) < 4.78 is 10.8. The van der Waals surface area contributed by atoms with E-state index in [0.717, 1.165) is 10.9 Å². The third kappa shape index (κ3) is 5.71. The van der Waals surface area contributed by atoms with Gasteiger partial charge >= 0.3 is 6.09 Å². The molecule has 27 heavy (non-hydrogen) atoms. The number of carbonyl (C=O) groups is 1. The lowest BCUT2D eigenvalue weighted by molar-refractivity contribution is 0.100. The monoisotopic (exact) mass is 393 g/mol. The third-order valence-corrected chi connectivity index (χ3v) is 4.30. The number of halogens is 1. The number of aromatic nitrogens is 1. The highest BCUT2D eigenvalue weighted by Crippen LogP contribution is 2.32. The van der Waals surface area contributed by atoms with Crippen molar-refractivity contribution in [1.82, 2.24) is 10.3 Å². The van der Waals surface area contributed by atoms with Gasteiger partial charge in [-0.25, -0.2) is 9.78 Å². The number of alkyl carbamates (subject to hydrolysis) is 1. The van der Waals surface area contributed by atoms with Crippen molar-refractivity contribution in [2.45, 2.75) is 39.3 Å². The number of nitrogens with one attached hydrogen (secondary N) is 1. The van der Waals surface area contributed by atoms with Gasteiger partial charge in [-0.05, 0) is 39.8 Å². The predicted octanol–water partition coefficient (Wildman–Crippen LogP) is 4.56. The Labute approximate surface area is 165 Å². The van der Waals surface area contributed by atoms with E-state index in [-0.39, 0.29) is 5.54 Å². The summed E-state index contributed by atoms with van der Waals surface area (Å²) in [5.41, 5.74) is 1.16. The minimum absolute atomic E-state index is 0.371. The van der Waals surface area contributed by atoms with E-state index in [4.69, 9.17) is 26.1 Å². The molecule has 1 aromatic carbocycles. The number of fused-ring (bicyclic) bond motifs is 1. The molecule has 1 N–H and O–H groups in total. The average molecular weight is 394 g/mol. The van der Waals surface area contributed by atoms with Gasteiger partial charge in [0.05, 0.1) is 17.1 Å². The maximum atomic E-state index is 12.2. The van der Waals surface area contributed by atoms with E-state index in [1.54, 1.807) is 7.11 Å². The van der Waals surface area contributed by atoms with Gasteiger partial charge in [0.15, 0.2) is 0 Å². The van der Waals surface area contributed by atoms with Gasteiger partial charge in [0.1, 0.15) is 11.9 Å². The molecule has 2 aromatic rings. The summed E-state index contributed by atoms with van der Waals surface area (Å²) in [6.07, 6.45) is -0.949. The molecule has 2 rings (SSSR count). The van der Waals surface area contributed by atoms with Crippen LogP contribution in [0.1, 0.15) is 39.4 Å². The van der Waals surface area contributed by atoms with Crippen molar-refractivity contribution in [3.8, 4) is 0 Å². The molecule has 0 saturated heterocycles. The van der Waals surface area contributed by atoms with Crippen molar-refractivity contribution >= 4 is 34.4 Å². The molecule has 0 aliphatic rings. The zero-order valence-electron chi connectivity index (χ0n) is 16.8. The van der Waals surface area contributed by atoms with Crippen LogP contribution >= 0.6 is 11.6 Å². The van der Waals surface area contributed by atoms with Gasteiger partial charge in [0, 0.05) is 37.2 Å². The lowest BCUT2D eigenvalue weighted by Crippen LogP contribution is -2.41. The number of amides is 1. The number of ether oxygens (including phenoxy) is 2. The zero-order valence-corrected chi connectivity index (χ0v) is 17.6. The Kier molecular flexibility index (Phi) is 6.89. The molecule has 1 amide bonds. The maximum absolute atomic E-state index is 12.2. The number of hydrogen-bond acceptors (Lipinski definition) is 5. The molecular formula is C20H28ClN3O3. The molecule has 0 spiro atoms. The van der Waals surface area contributed by atoms with E-state index in [1.807, 2.05) is 63.9 Å². The van der Waals surface area contributed by atoms with Crippen LogP contribution in [0.5, 0.6) is 0 Å². The highest BCUT2D eigenvalue weighted by atomic mass is 35.5. The molecule has 1 atom stereocenters. The van der Waals surface area contributed by atoms with Crippen LogP contribution in [-0.4, -0.2) is 43.9 Å². The maximum Gasteiger partial charge on any atom is 0.408 e. The molecule has 0 bridgehead atoms. The van der Waals surface area contributed by atoms with Crippen molar-refractivity contribution in [1.29, 1.82) is 0 Å². The van der Waals surface area contributed by atoms with Crippen LogP contribution in [0.4, 0.5) is 10.6 Å². The number of carbonyl (C=O) groups excluding carboxylic acids is 1. The Hall–Kier alpha value is -2.05. The van der Waals surface area contributed by atoms with Crippen LogP contribution in [0.25, 0.3) is 10.9 Å². The quantitative estimate of drug-likeness (QED) is 0.779. The first-order valence-electron chi connectivity index (χ1n) is 8.90. The molecule has 0 aliphatic heterocycles. The molecular weight excluding hydrogens is 366 g/mol. The topological polar surface area (TPSA) is 63.7 Å². The molecule has 7 heteroatoms. The highest BCUT2D eigenvalue weighted by molar-refractivity contribution is 6.35. The number of anilines is 1. The van der Waals surface area contributed by atoms with Gasteiger partial charge in [0.2, 0.25) is 0 Å². The van der Waals surface area contributed by atoms with Crippen LogP contribution in [-0.2, 0) is 9.47 Å². The number of rotatable bonds is 6. The third-order valence-electron chi connectivity index (χ3n) is 4.00. The first kappa shape index (κ1) is 21.3. The van der Waals surface area contributed by atoms with E-state index >= 15 is 0 Å². The van der Waals surface area contributed by atoms with Crippen LogP contribution in [0.15, 0.2) is 24.3 Å². The number of pyridine rings is 1. The Morgan fingerprint density at radius 2 is 2.07 bits per heavy atom. The lowest BCUT2D eigenvalue weighted by atomic mass is 10.1. The minimum Gasteiger partial charge on any atom is -0.442 e. The van der Waals surface area contributed by atoms with E-state index in [1.165, 1.54) is 0 Å². The van der Waals surface area contributed by atoms with Gasteiger partial charge in [0.25, 0.3) is 0 Å². The summed E-state index contributed by atoms with van der Waals surface area (Å²) >= 11 is 6.33. The smallest absolute Gasteiger partial charge is 0.408 e. The summed E-state index contributed by atoms with van der Waals surface area (Å²) in [4.78, 5) is 18.9. The number of likely N-dealkylation sites (N-methyl/N-ethyl adjacent to an activating group) is 1. The van der Waals surface area contributed by atoms with Gasteiger partial charge in [-0.1, -0.05) is 23.7 Å². The predicted molar refractivity (Wildman–Crippen MR) is 110 cm³/mol. The van der Waals surface area contributed by atoms with Crippen molar-refractivity contribution in [2.75, 3.05) is 32.2 Å². The highest BCUT2D eigenvalue weighted by Gasteiger charge is 2.22. The molecule has 1 aromatic heterocycles. The fourth-order valence-corrected chi connectivity index (χ4v) is 2.89. The number of hydrogen-bond donors (Lipinski definition) is 1. The first-order chi connectivity index (χ1) is 12.6. The Balaban J connectivity index is 2.41. The minimum atomic E-state index is -0.483. The number of methoxy groups -OCH3 is 1. The van der Waals surface area contributed by atoms with E-state index in [0.29, 0.717) is 29.5 Å². The first-order valence-corrected chi connectivity index (χ1v) is 9.28. The summed E-state index contributed by atoms with van der Waals surface area (Å²) in [5.74, 6) is 0.712. The molecule has 1 heterocycles. The lowest BCUT2D eigenvalue weighted by Gasteiger charge is -2.26. The van der Waals surface area contributed by atoms with Gasteiger partial charge in [-0.3, -0.25) is 0 Å². The number of benzene rings is 1. The summed E-state index contributed by atoms with van der Waals surface area (Å²) in [7, 11) is 3.58. The molecule has 148 valence electrons. The van der Waals surface area contributed by atoms with Gasteiger partial charge in [-0.15, -0.1) is 0 Å². The molecule has 6 nitrogen and oxygen atoms in total. The van der Waals surface area contributed by atoms with Gasteiger partial charge < -0.3 is 19.7 Å². The molecule has 0 saturated carbocycles. The van der Waals surface area contributed by atoms with Crippen LogP contribution in [0.2, 0.25) is 5.02 Å². The van der Waals surface area contributed by atoms with Crippen molar-refractivity contribution in [3.63, 3.8) is 0 Å². The fraction of sp³-hybridized carbons (Fsp3) is 0.500. The second-order valence-corrected chi connectivity index (χ2v) is 7.96. The number of para-hydroxylation sites is 1. The SMILES string of the molecule is COCCN(C)c1nc2c(Cl)cccc2cc1C(C)OC(=O)NC(C)(C)C. The van der Waals surface area contributed by atoms with E-state index in [2.05, 4.69) is 5.32 Å². The number of nitrogens with zero attached hydrogens (tertiary/aromatic N) is 2. The molecule has 1 unspecified atom stereocenters. The van der Waals surface area contributed by atoms with Crippen LogP contribution in [0.3, 0.4) is 0 Å². The van der Waals surface area contributed by atoms with Crippen LogP contribution < -0.4 is 10.2 Å². The molecule has 0 radical (unpaired) electrons. The normalized spacial score (nSPS) is 12.7. The Bertz CT molecular complexity index is 805. The molecule has 0 fully saturated rings. The Morgan fingerprint density at radius 1 is 1.37 bits per heavy atom. The van der Waals surface area contributed by atoms with Crippen LogP contribution in [0, 0.1) is 0 Å². The second kappa shape index (κ2) is 8.76. The summed E-state index contributed by atoms with van der Waals surface area (Å²) in [5, 5.41) is 4.29. The van der Waals surface area contributed by atoms with Crippen molar-refractivity contribution in [2.24, 2.45) is 0 Å². The summed E-state index contributed by atoms with van der Waals surface area (Å²) in [6.45, 7) is 8.75. The van der Waals surface area contributed by atoms with Gasteiger partial charge in [-0.2, -0.15) is 0 Å². The Morgan fingerprint density at radius 3 is 2.70 bits per heavy atom. The van der Waals surface area contributed by atoms with Crippen molar-refractivity contribution < 1.29 is 14.3 Å².